The van der Waals surface area contributed by atoms with Gasteiger partial charge in [0.05, 0.1) is 26.8 Å². The van der Waals surface area contributed by atoms with E-state index in [2.05, 4.69) is 20.4 Å². The number of rotatable bonds is 8. The summed E-state index contributed by atoms with van der Waals surface area (Å²) in [6.45, 7) is 4.13. The zero-order valence-corrected chi connectivity index (χ0v) is 20.3. The number of aromatic nitrogens is 2. The van der Waals surface area contributed by atoms with E-state index in [0.717, 1.165) is 37.1 Å². The Balaban J connectivity index is 1.27. The largest absolute Gasteiger partial charge is 0.493 e. The number of amides is 1. The molecule has 1 aromatic heterocycles. The van der Waals surface area contributed by atoms with E-state index in [4.69, 9.17) is 25.6 Å². The topological polar surface area (TPSA) is 89.7 Å². The number of nitrogens with one attached hydrogen (secondary N) is 1. The second-order valence-corrected chi connectivity index (χ2v) is 8.85. The monoisotopic (exact) mass is 484 g/mol. The summed E-state index contributed by atoms with van der Waals surface area (Å²) >= 11 is 5.94. The first-order chi connectivity index (χ1) is 16.5. The minimum Gasteiger partial charge on any atom is -0.493 e. The van der Waals surface area contributed by atoms with Gasteiger partial charge in [0.25, 0.3) is 0 Å². The van der Waals surface area contributed by atoms with Crippen LogP contribution in [0.2, 0.25) is 5.02 Å². The van der Waals surface area contributed by atoms with Crippen molar-refractivity contribution >= 4 is 17.5 Å². The predicted molar refractivity (Wildman–Crippen MR) is 129 cm³/mol. The molecule has 0 aliphatic carbocycles. The number of halogens is 1. The molecule has 2 aromatic carbocycles. The standard InChI is InChI=1S/C25H29ClN4O4/c1-16(19-6-9-21(32-2)22(14-19)33-3)27-25(31)18-10-12-30(13-11-18)15-23-28-24(29-34-23)17-4-7-20(26)8-5-17/h4-9,14,16,18H,10-13,15H2,1-3H3,(H,27,31). The fourth-order valence-corrected chi connectivity index (χ4v) is 4.24. The van der Waals surface area contributed by atoms with Crippen LogP contribution in [-0.4, -0.2) is 48.3 Å². The lowest BCUT2D eigenvalue weighted by Crippen LogP contribution is -2.40. The van der Waals surface area contributed by atoms with Gasteiger partial charge in [-0.15, -0.1) is 0 Å². The van der Waals surface area contributed by atoms with Crippen LogP contribution in [0.15, 0.2) is 47.0 Å². The van der Waals surface area contributed by atoms with Gasteiger partial charge in [-0.05, 0) is 74.8 Å². The van der Waals surface area contributed by atoms with Gasteiger partial charge in [0.2, 0.25) is 17.6 Å². The van der Waals surface area contributed by atoms with Gasteiger partial charge in [-0.2, -0.15) is 4.98 Å². The number of benzene rings is 2. The van der Waals surface area contributed by atoms with Gasteiger partial charge >= 0.3 is 0 Å². The fraction of sp³-hybridized carbons (Fsp3) is 0.400. The van der Waals surface area contributed by atoms with E-state index in [-0.39, 0.29) is 17.9 Å². The summed E-state index contributed by atoms with van der Waals surface area (Å²) in [4.78, 5) is 19.6. The molecule has 1 amide bonds. The van der Waals surface area contributed by atoms with Gasteiger partial charge in [0, 0.05) is 16.5 Å². The number of hydrogen-bond donors (Lipinski definition) is 1. The van der Waals surface area contributed by atoms with Crippen LogP contribution in [0.5, 0.6) is 11.5 Å². The van der Waals surface area contributed by atoms with Crippen molar-refractivity contribution in [2.24, 2.45) is 5.92 Å². The Bertz CT molecular complexity index is 1110. The number of hydrogen-bond acceptors (Lipinski definition) is 7. The number of carbonyl (C=O) groups is 1. The molecule has 1 unspecified atom stereocenters. The molecule has 8 nitrogen and oxygen atoms in total. The van der Waals surface area contributed by atoms with Crippen LogP contribution in [0.1, 0.15) is 37.3 Å². The Morgan fingerprint density at radius 2 is 1.85 bits per heavy atom. The maximum absolute atomic E-state index is 12.9. The molecule has 1 saturated heterocycles. The molecule has 1 fully saturated rings. The number of piperidine rings is 1. The van der Waals surface area contributed by atoms with Crippen LogP contribution in [-0.2, 0) is 11.3 Å². The van der Waals surface area contributed by atoms with Gasteiger partial charge in [-0.1, -0.05) is 22.8 Å². The van der Waals surface area contributed by atoms with E-state index in [0.29, 0.717) is 34.8 Å². The van der Waals surface area contributed by atoms with Crippen molar-refractivity contribution in [3.05, 3.63) is 58.9 Å². The van der Waals surface area contributed by atoms with Gasteiger partial charge < -0.3 is 19.3 Å². The summed E-state index contributed by atoms with van der Waals surface area (Å²) in [6, 6.07) is 12.9. The van der Waals surface area contributed by atoms with Crippen molar-refractivity contribution in [2.75, 3.05) is 27.3 Å². The fourth-order valence-electron chi connectivity index (χ4n) is 4.12. The first-order valence-electron chi connectivity index (χ1n) is 11.3. The molecule has 0 radical (unpaired) electrons. The summed E-state index contributed by atoms with van der Waals surface area (Å²) in [5.74, 6) is 2.48. The quantitative estimate of drug-likeness (QED) is 0.503. The lowest BCUT2D eigenvalue weighted by molar-refractivity contribution is -0.127. The molecule has 0 bridgehead atoms. The van der Waals surface area contributed by atoms with Crippen molar-refractivity contribution in [1.29, 1.82) is 0 Å². The summed E-state index contributed by atoms with van der Waals surface area (Å²) in [6.07, 6.45) is 1.56. The highest BCUT2D eigenvalue weighted by atomic mass is 35.5. The Morgan fingerprint density at radius 1 is 1.15 bits per heavy atom. The van der Waals surface area contributed by atoms with Crippen LogP contribution >= 0.6 is 11.6 Å². The van der Waals surface area contributed by atoms with E-state index in [1.54, 1.807) is 26.4 Å². The van der Waals surface area contributed by atoms with Gasteiger partial charge in [0.1, 0.15) is 0 Å². The average molecular weight is 485 g/mol. The first-order valence-corrected chi connectivity index (χ1v) is 11.7. The highest BCUT2D eigenvalue weighted by molar-refractivity contribution is 6.30. The molecule has 1 N–H and O–H groups in total. The maximum Gasteiger partial charge on any atom is 0.241 e. The van der Waals surface area contributed by atoms with E-state index >= 15 is 0 Å². The van der Waals surface area contributed by atoms with Crippen molar-refractivity contribution in [3.8, 4) is 22.9 Å². The zero-order valence-electron chi connectivity index (χ0n) is 19.6. The maximum atomic E-state index is 12.9. The van der Waals surface area contributed by atoms with Gasteiger partial charge in [-0.3, -0.25) is 9.69 Å². The molecular weight excluding hydrogens is 456 g/mol. The lowest BCUT2D eigenvalue weighted by atomic mass is 9.95. The van der Waals surface area contributed by atoms with Crippen LogP contribution in [0.25, 0.3) is 11.4 Å². The van der Waals surface area contributed by atoms with E-state index < -0.39 is 0 Å². The predicted octanol–water partition coefficient (Wildman–Crippen LogP) is 4.50. The molecule has 3 aromatic rings. The Kier molecular flexibility index (Phi) is 7.70. The summed E-state index contributed by atoms with van der Waals surface area (Å²) in [5, 5.41) is 7.88. The average Bonchev–Trinajstić information content (AvgIpc) is 3.32. The van der Waals surface area contributed by atoms with Crippen molar-refractivity contribution < 1.29 is 18.8 Å². The number of ether oxygens (including phenoxy) is 2. The molecule has 2 heterocycles. The molecule has 0 saturated carbocycles. The highest BCUT2D eigenvalue weighted by Gasteiger charge is 2.27. The van der Waals surface area contributed by atoms with Crippen LogP contribution in [0.3, 0.4) is 0 Å². The molecule has 4 rings (SSSR count). The van der Waals surface area contributed by atoms with Gasteiger partial charge in [-0.25, -0.2) is 0 Å². The molecule has 1 aliphatic heterocycles. The van der Waals surface area contributed by atoms with Crippen molar-refractivity contribution in [1.82, 2.24) is 20.4 Å². The van der Waals surface area contributed by atoms with Crippen LogP contribution < -0.4 is 14.8 Å². The SMILES string of the molecule is COc1ccc(C(C)NC(=O)C2CCN(Cc3nc(-c4ccc(Cl)cc4)no3)CC2)cc1OC. The highest BCUT2D eigenvalue weighted by Crippen LogP contribution is 2.30. The normalized spacial score (nSPS) is 15.6. The lowest BCUT2D eigenvalue weighted by Gasteiger charge is -2.31. The van der Waals surface area contributed by atoms with E-state index in [1.165, 1.54) is 0 Å². The zero-order chi connectivity index (χ0) is 24.1. The van der Waals surface area contributed by atoms with Crippen molar-refractivity contribution in [3.63, 3.8) is 0 Å². The van der Waals surface area contributed by atoms with Crippen molar-refractivity contribution in [2.45, 2.75) is 32.4 Å². The molecule has 1 atom stereocenters. The Labute approximate surface area is 204 Å². The van der Waals surface area contributed by atoms with Crippen LogP contribution in [0.4, 0.5) is 0 Å². The number of methoxy groups -OCH3 is 2. The number of likely N-dealkylation sites (tertiary alicyclic amines) is 1. The third-order valence-corrected chi connectivity index (χ3v) is 6.41. The molecule has 34 heavy (non-hydrogen) atoms. The minimum atomic E-state index is -0.130. The summed E-state index contributed by atoms with van der Waals surface area (Å²) < 4.78 is 16.1. The molecular formula is C25H29ClN4O4. The summed E-state index contributed by atoms with van der Waals surface area (Å²) in [7, 11) is 3.21. The summed E-state index contributed by atoms with van der Waals surface area (Å²) in [5.41, 5.74) is 1.83. The molecule has 180 valence electrons. The number of carbonyl (C=O) groups excluding carboxylic acids is 1. The van der Waals surface area contributed by atoms with Gasteiger partial charge in [0.15, 0.2) is 11.5 Å². The Hall–Kier alpha value is -3.10. The molecule has 1 aliphatic rings. The van der Waals surface area contributed by atoms with E-state index in [1.807, 2.05) is 37.3 Å². The molecule has 9 heteroatoms. The van der Waals surface area contributed by atoms with E-state index in [9.17, 15) is 4.79 Å². The Morgan fingerprint density at radius 3 is 2.53 bits per heavy atom. The molecule has 0 spiro atoms. The van der Waals surface area contributed by atoms with Crippen LogP contribution in [0, 0.1) is 5.92 Å². The second kappa shape index (κ2) is 10.9. The third kappa shape index (κ3) is 5.69. The first kappa shape index (κ1) is 24.0. The third-order valence-electron chi connectivity index (χ3n) is 6.15. The minimum absolute atomic E-state index is 0.0221. The second-order valence-electron chi connectivity index (χ2n) is 8.41. The number of nitrogens with zero attached hydrogens (tertiary/aromatic N) is 3. The smallest absolute Gasteiger partial charge is 0.241 e.